The third-order valence-electron chi connectivity index (χ3n) is 3.43. The molecule has 0 aliphatic carbocycles. The van der Waals surface area contributed by atoms with Crippen molar-refractivity contribution in [1.82, 2.24) is 10.2 Å². The summed E-state index contributed by atoms with van der Waals surface area (Å²) in [7, 11) is 0. The summed E-state index contributed by atoms with van der Waals surface area (Å²) in [5, 5.41) is 3.56. The summed E-state index contributed by atoms with van der Waals surface area (Å²) < 4.78 is 12.9. The van der Waals surface area contributed by atoms with Crippen molar-refractivity contribution in [2.24, 2.45) is 5.41 Å². The summed E-state index contributed by atoms with van der Waals surface area (Å²) in [6.07, 6.45) is 0.973. The van der Waals surface area contributed by atoms with Gasteiger partial charge in [0, 0.05) is 32.2 Å². The first kappa shape index (κ1) is 14.5. The molecule has 0 bridgehead atoms. The van der Waals surface area contributed by atoms with Crippen molar-refractivity contribution < 1.29 is 4.39 Å². The minimum absolute atomic E-state index is 0.158. The van der Waals surface area contributed by atoms with Crippen molar-refractivity contribution in [3.63, 3.8) is 0 Å². The highest BCUT2D eigenvalue weighted by Gasteiger charge is 2.23. The summed E-state index contributed by atoms with van der Waals surface area (Å²) in [5.41, 5.74) is 1.55. The molecule has 1 unspecified atom stereocenters. The van der Waals surface area contributed by atoms with Crippen LogP contribution in [0.25, 0.3) is 0 Å². The first-order valence-electron chi connectivity index (χ1n) is 7.12. The summed E-state index contributed by atoms with van der Waals surface area (Å²) in [4.78, 5) is 2.53. The van der Waals surface area contributed by atoms with Crippen LogP contribution in [-0.2, 0) is 6.42 Å². The van der Waals surface area contributed by atoms with E-state index in [0.29, 0.717) is 11.5 Å². The van der Waals surface area contributed by atoms with E-state index in [0.717, 1.165) is 32.6 Å². The molecular formula is C16H25FN2. The van der Waals surface area contributed by atoms with Crippen LogP contribution < -0.4 is 5.32 Å². The van der Waals surface area contributed by atoms with Crippen molar-refractivity contribution in [1.29, 1.82) is 0 Å². The number of piperazine rings is 1. The van der Waals surface area contributed by atoms with Crippen LogP contribution in [0.3, 0.4) is 0 Å². The van der Waals surface area contributed by atoms with Crippen LogP contribution in [0.15, 0.2) is 24.3 Å². The lowest BCUT2D eigenvalue weighted by Gasteiger charge is -2.37. The summed E-state index contributed by atoms with van der Waals surface area (Å²) in [6, 6.07) is 7.34. The van der Waals surface area contributed by atoms with Crippen molar-refractivity contribution in [2.45, 2.75) is 33.2 Å². The zero-order chi connectivity index (χ0) is 13.9. The highest BCUT2D eigenvalue weighted by atomic mass is 19.1. The number of hydrogen-bond acceptors (Lipinski definition) is 2. The zero-order valence-corrected chi connectivity index (χ0v) is 12.2. The van der Waals surface area contributed by atoms with Gasteiger partial charge in [0.15, 0.2) is 0 Å². The quantitative estimate of drug-likeness (QED) is 0.903. The van der Waals surface area contributed by atoms with Crippen LogP contribution in [0.1, 0.15) is 26.3 Å². The van der Waals surface area contributed by atoms with Crippen LogP contribution in [0.5, 0.6) is 0 Å². The number of halogens is 1. The van der Waals surface area contributed by atoms with Gasteiger partial charge in [0.05, 0.1) is 0 Å². The van der Waals surface area contributed by atoms with Gasteiger partial charge < -0.3 is 5.32 Å². The normalized spacial score (nSPS) is 21.6. The SMILES string of the molecule is CC(C)(C)CN1CCNC(Cc2ccc(F)cc2)C1. The molecule has 0 aromatic heterocycles. The summed E-state index contributed by atoms with van der Waals surface area (Å²) in [6.45, 7) is 11.2. The largest absolute Gasteiger partial charge is 0.311 e. The molecule has 1 aromatic carbocycles. The molecule has 1 fully saturated rings. The molecule has 19 heavy (non-hydrogen) atoms. The molecule has 1 aliphatic rings. The Balaban J connectivity index is 1.89. The average molecular weight is 264 g/mol. The molecule has 0 amide bonds. The highest BCUT2D eigenvalue weighted by Crippen LogP contribution is 2.17. The first-order chi connectivity index (χ1) is 8.92. The van der Waals surface area contributed by atoms with Gasteiger partial charge in [-0.15, -0.1) is 0 Å². The summed E-state index contributed by atoms with van der Waals surface area (Å²) in [5.74, 6) is -0.158. The van der Waals surface area contributed by atoms with E-state index in [4.69, 9.17) is 0 Å². The Bertz CT molecular complexity index is 394. The second kappa shape index (κ2) is 6.02. The molecule has 1 saturated heterocycles. The fraction of sp³-hybridized carbons (Fsp3) is 0.625. The van der Waals surface area contributed by atoms with Crippen LogP contribution in [-0.4, -0.2) is 37.1 Å². The van der Waals surface area contributed by atoms with Crippen molar-refractivity contribution in [3.05, 3.63) is 35.6 Å². The van der Waals surface area contributed by atoms with Crippen LogP contribution in [0, 0.1) is 11.2 Å². The Morgan fingerprint density at radius 3 is 2.58 bits per heavy atom. The Hall–Kier alpha value is -0.930. The predicted molar refractivity (Wildman–Crippen MR) is 77.8 cm³/mol. The molecule has 1 heterocycles. The molecule has 1 aliphatic heterocycles. The van der Waals surface area contributed by atoms with E-state index in [-0.39, 0.29) is 5.82 Å². The van der Waals surface area contributed by atoms with Gasteiger partial charge in [-0.1, -0.05) is 32.9 Å². The first-order valence-corrected chi connectivity index (χ1v) is 7.12. The van der Waals surface area contributed by atoms with Gasteiger partial charge in [-0.2, -0.15) is 0 Å². The maximum atomic E-state index is 12.9. The molecule has 1 atom stereocenters. The lowest BCUT2D eigenvalue weighted by atomic mass is 9.95. The smallest absolute Gasteiger partial charge is 0.123 e. The van der Waals surface area contributed by atoms with E-state index in [2.05, 4.69) is 31.0 Å². The van der Waals surface area contributed by atoms with Gasteiger partial charge in [0.1, 0.15) is 5.82 Å². The van der Waals surface area contributed by atoms with Gasteiger partial charge in [0.25, 0.3) is 0 Å². The van der Waals surface area contributed by atoms with Crippen molar-refractivity contribution >= 4 is 0 Å². The van der Waals surface area contributed by atoms with E-state index in [9.17, 15) is 4.39 Å². The number of hydrogen-bond donors (Lipinski definition) is 1. The Morgan fingerprint density at radius 1 is 1.26 bits per heavy atom. The lowest BCUT2D eigenvalue weighted by Crippen LogP contribution is -2.53. The molecule has 1 N–H and O–H groups in total. The average Bonchev–Trinajstić information content (AvgIpc) is 2.30. The minimum Gasteiger partial charge on any atom is -0.311 e. The van der Waals surface area contributed by atoms with Crippen molar-refractivity contribution in [3.8, 4) is 0 Å². The van der Waals surface area contributed by atoms with Crippen LogP contribution in [0.4, 0.5) is 4.39 Å². The second-order valence-corrected chi connectivity index (χ2v) is 6.78. The van der Waals surface area contributed by atoms with Gasteiger partial charge in [-0.05, 0) is 29.5 Å². The lowest BCUT2D eigenvalue weighted by molar-refractivity contribution is 0.146. The van der Waals surface area contributed by atoms with E-state index in [1.54, 1.807) is 12.1 Å². The van der Waals surface area contributed by atoms with E-state index in [1.807, 2.05) is 12.1 Å². The van der Waals surface area contributed by atoms with Gasteiger partial charge >= 0.3 is 0 Å². The molecule has 2 nitrogen and oxygen atoms in total. The van der Waals surface area contributed by atoms with Crippen LogP contribution >= 0.6 is 0 Å². The molecule has 2 rings (SSSR count). The molecular weight excluding hydrogens is 239 g/mol. The van der Waals surface area contributed by atoms with E-state index < -0.39 is 0 Å². The fourth-order valence-electron chi connectivity index (χ4n) is 2.75. The van der Waals surface area contributed by atoms with Gasteiger partial charge in [-0.25, -0.2) is 4.39 Å². The Labute approximate surface area is 116 Å². The molecule has 1 aromatic rings. The standard InChI is InChI=1S/C16H25FN2/c1-16(2,3)12-19-9-8-18-15(11-19)10-13-4-6-14(17)7-5-13/h4-7,15,18H,8-12H2,1-3H3. The van der Waals surface area contributed by atoms with Crippen LogP contribution in [0.2, 0.25) is 0 Å². The molecule has 3 heteroatoms. The topological polar surface area (TPSA) is 15.3 Å². The Kier molecular flexibility index (Phi) is 4.58. The predicted octanol–water partition coefficient (Wildman–Crippen LogP) is 2.69. The number of benzene rings is 1. The van der Waals surface area contributed by atoms with E-state index in [1.165, 1.54) is 5.56 Å². The maximum Gasteiger partial charge on any atom is 0.123 e. The minimum atomic E-state index is -0.158. The number of nitrogens with zero attached hydrogens (tertiary/aromatic N) is 1. The second-order valence-electron chi connectivity index (χ2n) is 6.78. The number of nitrogens with one attached hydrogen (secondary N) is 1. The fourth-order valence-corrected chi connectivity index (χ4v) is 2.75. The molecule has 0 spiro atoms. The third kappa shape index (κ3) is 4.92. The monoisotopic (exact) mass is 264 g/mol. The summed E-state index contributed by atoms with van der Waals surface area (Å²) >= 11 is 0. The zero-order valence-electron chi connectivity index (χ0n) is 12.2. The number of rotatable bonds is 3. The van der Waals surface area contributed by atoms with Gasteiger partial charge in [-0.3, -0.25) is 4.90 Å². The molecule has 0 radical (unpaired) electrons. The third-order valence-corrected chi connectivity index (χ3v) is 3.43. The maximum absolute atomic E-state index is 12.9. The van der Waals surface area contributed by atoms with Crippen molar-refractivity contribution in [2.75, 3.05) is 26.2 Å². The Morgan fingerprint density at radius 2 is 1.95 bits per heavy atom. The molecule has 106 valence electrons. The molecule has 0 saturated carbocycles. The highest BCUT2D eigenvalue weighted by molar-refractivity contribution is 5.17. The van der Waals surface area contributed by atoms with Gasteiger partial charge in [0.2, 0.25) is 0 Å². The van der Waals surface area contributed by atoms with E-state index >= 15 is 0 Å².